The molecule has 0 bridgehead atoms. The van der Waals surface area contributed by atoms with Gasteiger partial charge in [-0.3, -0.25) is 14.4 Å². The molecule has 6 heteroatoms. The summed E-state index contributed by atoms with van der Waals surface area (Å²) >= 11 is 0. The van der Waals surface area contributed by atoms with Gasteiger partial charge >= 0.3 is 0 Å². The largest absolute Gasteiger partial charge is 0.352 e. The van der Waals surface area contributed by atoms with E-state index in [4.69, 9.17) is 0 Å². The Morgan fingerprint density at radius 2 is 1.88 bits per heavy atom. The normalized spacial score (nSPS) is 14.6. The molecule has 1 fully saturated rings. The summed E-state index contributed by atoms with van der Waals surface area (Å²) in [7, 11) is 0. The van der Waals surface area contributed by atoms with Crippen LogP contribution < -0.4 is 10.2 Å². The number of amides is 3. The molecule has 1 N–H and O–H groups in total. The number of carbonyl (C=O) groups is 3. The lowest BCUT2D eigenvalue weighted by Crippen LogP contribution is -2.42. The molecule has 1 saturated heterocycles. The summed E-state index contributed by atoms with van der Waals surface area (Å²) in [5.41, 5.74) is 1.34. The maximum Gasteiger partial charge on any atom is 0.254 e. The third-order valence-corrected chi connectivity index (χ3v) is 4.20. The molecule has 1 aromatic rings. The van der Waals surface area contributed by atoms with Gasteiger partial charge in [0.15, 0.2) is 0 Å². The molecule has 136 valence electrons. The van der Waals surface area contributed by atoms with E-state index in [0.717, 1.165) is 25.1 Å². The Hall–Kier alpha value is -2.37. The average molecular weight is 345 g/mol. The Bertz CT molecular complexity index is 625. The van der Waals surface area contributed by atoms with Crippen LogP contribution in [0.3, 0.4) is 0 Å². The summed E-state index contributed by atoms with van der Waals surface area (Å²) in [5.74, 6) is -0.218. The molecule has 6 nitrogen and oxygen atoms in total. The number of nitrogens with one attached hydrogen (secondary N) is 1. The van der Waals surface area contributed by atoms with Crippen molar-refractivity contribution < 1.29 is 14.4 Å². The molecule has 0 atom stereocenters. The van der Waals surface area contributed by atoms with Gasteiger partial charge in [0.05, 0.1) is 6.54 Å². The van der Waals surface area contributed by atoms with Gasteiger partial charge in [0.2, 0.25) is 11.8 Å². The Morgan fingerprint density at radius 3 is 2.44 bits per heavy atom. The number of hydrogen-bond donors (Lipinski definition) is 1. The number of anilines is 1. The first-order valence-corrected chi connectivity index (χ1v) is 8.91. The molecule has 25 heavy (non-hydrogen) atoms. The molecule has 1 aliphatic heterocycles. The van der Waals surface area contributed by atoms with Crippen molar-refractivity contribution in [3.05, 3.63) is 29.8 Å². The van der Waals surface area contributed by atoms with Gasteiger partial charge in [-0.1, -0.05) is 0 Å². The summed E-state index contributed by atoms with van der Waals surface area (Å²) in [4.78, 5) is 39.8. The van der Waals surface area contributed by atoms with Crippen LogP contribution >= 0.6 is 0 Å². The van der Waals surface area contributed by atoms with Crippen LogP contribution in [-0.4, -0.2) is 48.3 Å². The summed E-state index contributed by atoms with van der Waals surface area (Å²) in [6.07, 6.45) is 2.52. The van der Waals surface area contributed by atoms with E-state index in [1.165, 1.54) is 4.90 Å². The Morgan fingerprint density at radius 1 is 1.20 bits per heavy atom. The topological polar surface area (TPSA) is 69.7 Å². The first-order valence-electron chi connectivity index (χ1n) is 8.91. The predicted octanol–water partition coefficient (Wildman–Crippen LogP) is 2.19. The van der Waals surface area contributed by atoms with Gasteiger partial charge in [0, 0.05) is 36.8 Å². The van der Waals surface area contributed by atoms with Crippen LogP contribution in [0.15, 0.2) is 24.3 Å². The summed E-state index contributed by atoms with van der Waals surface area (Å²) in [6.45, 7) is 6.84. The van der Waals surface area contributed by atoms with Crippen molar-refractivity contribution in [1.82, 2.24) is 10.2 Å². The predicted molar refractivity (Wildman–Crippen MR) is 97.5 cm³/mol. The second-order valence-electron chi connectivity index (χ2n) is 6.59. The van der Waals surface area contributed by atoms with Gasteiger partial charge in [-0.15, -0.1) is 0 Å². The van der Waals surface area contributed by atoms with Gasteiger partial charge in [0.25, 0.3) is 5.91 Å². The lowest BCUT2D eigenvalue weighted by Gasteiger charge is -2.27. The monoisotopic (exact) mass is 345 g/mol. The van der Waals surface area contributed by atoms with Gasteiger partial charge < -0.3 is 15.1 Å². The summed E-state index contributed by atoms with van der Waals surface area (Å²) in [6, 6.07) is 7.10. The van der Waals surface area contributed by atoms with Gasteiger partial charge in [-0.05, 0) is 57.9 Å². The van der Waals surface area contributed by atoms with Crippen LogP contribution in [0.1, 0.15) is 50.4 Å². The molecule has 0 aliphatic carbocycles. The van der Waals surface area contributed by atoms with Crippen LogP contribution in [0.2, 0.25) is 0 Å². The highest BCUT2D eigenvalue weighted by Gasteiger charge is 2.21. The fraction of sp³-hybridized carbons (Fsp3) is 0.526. The first-order chi connectivity index (χ1) is 11.9. The highest BCUT2D eigenvalue weighted by atomic mass is 16.2. The number of nitrogens with zero attached hydrogens (tertiary/aromatic N) is 2. The number of piperidine rings is 1. The Balaban J connectivity index is 2.05. The summed E-state index contributed by atoms with van der Waals surface area (Å²) in [5, 5.41) is 2.79. The number of rotatable bonds is 6. The molecule has 3 amide bonds. The van der Waals surface area contributed by atoms with E-state index in [2.05, 4.69) is 5.32 Å². The van der Waals surface area contributed by atoms with Crippen LogP contribution in [0.4, 0.5) is 5.69 Å². The molecule has 1 aliphatic rings. The number of likely N-dealkylation sites (N-methyl/N-ethyl adjacent to an activating group) is 1. The molecule has 0 spiro atoms. The van der Waals surface area contributed by atoms with Crippen molar-refractivity contribution in [1.29, 1.82) is 0 Å². The van der Waals surface area contributed by atoms with Crippen LogP contribution in [0.25, 0.3) is 0 Å². The maximum atomic E-state index is 12.6. The zero-order chi connectivity index (χ0) is 18.4. The average Bonchev–Trinajstić information content (AvgIpc) is 2.59. The molecule has 1 aromatic carbocycles. The smallest absolute Gasteiger partial charge is 0.254 e. The van der Waals surface area contributed by atoms with Crippen LogP contribution in [0.5, 0.6) is 0 Å². The zero-order valence-corrected chi connectivity index (χ0v) is 15.2. The molecule has 0 radical (unpaired) electrons. The minimum Gasteiger partial charge on any atom is -0.352 e. The minimum absolute atomic E-state index is 0.0415. The van der Waals surface area contributed by atoms with Crippen molar-refractivity contribution in [3.63, 3.8) is 0 Å². The third kappa shape index (κ3) is 5.05. The van der Waals surface area contributed by atoms with Gasteiger partial charge in [-0.25, -0.2) is 0 Å². The molecule has 1 heterocycles. The van der Waals surface area contributed by atoms with Gasteiger partial charge in [0.1, 0.15) is 0 Å². The van der Waals surface area contributed by atoms with E-state index in [1.54, 1.807) is 29.2 Å². The standard InChI is InChI=1S/C19H27N3O3/c1-4-21(13-17(23)20-14(2)3)19(25)15-8-10-16(11-9-15)22-12-6-5-7-18(22)24/h8-11,14H,4-7,12-13H2,1-3H3,(H,20,23). The Kier molecular flexibility index (Phi) is 6.56. The van der Waals surface area contributed by atoms with Crippen molar-refractivity contribution in [2.75, 3.05) is 24.5 Å². The van der Waals surface area contributed by atoms with Crippen LogP contribution in [-0.2, 0) is 9.59 Å². The summed E-state index contributed by atoms with van der Waals surface area (Å²) < 4.78 is 0. The Labute approximate surface area is 149 Å². The molecule has 2 rings (SSSR count). The molecule has 0 unspecified atom stereocenters. The number of benzene rings is 1. The van der Waals surface area contributed by atoms with E-state index >= 15 is 0 Å². The van der Waals surface area contributed by atoms with E-state index in [0.29, 0.717) is 18.5 Å². The van der Waals surface area contributed by atoms with E-state index < -0.39 is 0 Å². The third-order valence-electron chi connectivity index (χ3n) is 4.20. The second kappa shape index (κ2) is 8.65. The number of hydrogen-bond acceptors (Lipinski definition) is 3. The highest BCUT2D eigenvalue weighted by molar-refractivity contribution is 5.98. The lowest BCUT2D eigenvalue weighted by molar-refractivity contribution is -0.122. The quantitative estimate of drug-likeness (QED) is 0.859. The molecule has 0 aromatic heterocycles. The first kappa shape index (κ1) is 19.0. The minimum atomic E-state index is -0.182. The SMILES string of the molecule is CCN(CC(=O)NC(C)C)C(=O)c1ccc(N2CCCCC2=O)cc1. The highest BCUT2D eigenvalue weighted by Crippen LogP contribution is 2.21. The molecular weight excluding hydrogens is 318 g/mol. The van der Waals surface area contributed by atoms with Crippen molar-refractivity contribution in [2.24, 2.45) is 0 Å². The number of carbonyl (C=O) groups excluding carboxylic acids is 3. The van der Waals surface area contributed by atoms with Crippen LogP contribution in [0, 0.1) is 0 Å². The van der Waals surface area contributed by atoms with Crippen molar-refractivity contribution >= 4 is 23.4 Å². The van der Waals surface area contributed by atoms with E-state index in [1.807, 2.05) is 20.8 Å². The van der Waals surface area contributed by atoms with Crippen molar-refractivity contribution in [3.8, 4) is 0 Å². The van der Waals surface area contributed by atoms with Crippen molar-refractivity contribution in [2.45, 2.75) is 46.1 Å². The lowest BCUT2D eigenvalue weighted by atomic mass is 10.1. The van der Waals surface area contributed by atoms with E-state index in [-0.39, 0.29) is 30.3 Å². The van der Waals surface area contributed by atoms with Gasteiger partial charge in [-0.2, -0.15) is 0 Å². The fourth-order valence-electron chi connectivity index (χ4n) is 2.91. The molecular formula is C19H27N3O3. The fourth-order valence-corrected chi connectivity index (χ4v) is 2.91. The zero-order valence-electron chi connectivity index (χ0n) is 15.2. The van der Waals surface area contributed by atoms with E-state index in [9.17, 15) is 14.4 Å². The molecule has 0 saturated carbocycles. The second-order valence-corrected chi connectivity index (χ2v) is 6.59. The maximum absolute atomic E-state index is 12.6.